The van der Waals surface area contributed by atoms with Crippen molar-refractivity contribution < 1.29 is 14.3 Å². The highest BCUT2D eigenvalue weighted by Gasteiger charge is 2.30. The molecule has 0 aliphatic carbocycles. The maximum atomic E-state index is 11.4. The molecule has 0 atom stereocenters. The lowest BCUT2D eigenvalue weighted by atomic mass is 10.0. The van der Waals surface area contributed by atoms with E-state index >= 15 is 0 Å². The molecule has 4 heteroatoms. The predicted octanol–water partition coefficient (Wildman–Crippen LogP) is 3.14. The van der Waals surface area contributed by atoms with Gasteiger partial charge in [-0.05, 0) is 29.8 Å². The summed E-state index contributed by atoms with van der Waals surface area (Å²) in [5, 5.41) is 0. The smallest absolute Gasteiger partial charge is 0.246 e. The lowest BCUT2D eigenvalue weighted by Gasteiger charge is -2.38. The number of benzene rings is 2. The fourth-order valence-electron chi connectivity index (χ4n) is 2.63. The number of methoxy groups -OCH3 is 1. The van der Waals surface area contributed by atoms with Crippen molar-refractivity contribution in [2.75, 3.05) is 20.2 Å². The second-order valence-electron chi connectivity index (χ2n) is 5.42. The number of carbonyl (C=O) groups excluding carboxylic acids is 1. The molecule has 1 aliphatic heterocycles. The molecule has 1 fully saturated rings. The van der Waals surface area contributed by atoms with Crippen molar-refractivity contribution in [1.29, 1.82) is 0 Å². The molecule has 1 aliphatic rings. The summed E-state index contributed by atoms with van der Waals surface area (Å²) >= 11 is 0. The molecule has 1 amide bonds. The Labute approximate surface area is 135 Å². The Balaban J connectivity index is 1.71. The number of para-hydroxylation sites is 1. The number of hydrogen-bond acceptors (Lipinski definition) is 3. The van der Waals surface area contributed by atoms with E-state index in [1.165, 1.54) is 6.08 Å². The second kappa shape index (κ2) is 6.57. The molecule has 0 aromatic heterocycles. The van der Waals surface area contributed by atoms with Crippen molar-refractivity contribution in [3.63, 3.8) is 0 Å². The summed E-state index contributed by atoms with van der Waals surface area (Å²) in [5.74, 6) is 1.58. The first-order chi connectivity index (χ1) is 11.2. The van der Waals surface area contributed by atoms with Crippen LogP contribution < -0.4 is 9.47 Å². The Hall–Kier alpha value is -2.75. The first-order valence-electron chi connectivity index (χ1n) is 7.52. The largest absolute Gasteiger partial charge is 0.496 e. The first kappa shape index (κ1) is 15.2. The van der Waals surface area contributed by atoms with Crippen molar-refractivity contribution in [2.24, 2.45) is 0 Å². The van der Waals surface area contributed by atoms with E-state index in [0.29, 0.717) is 13.1 Å². The Kier molecular flexibility index (Phi) is 4.33. The minimum absolute atomic E-state index is 0.0341. The summed E-state index contributed by atoms with van der Waals surface area (Å²) in [6, 6.07) is 15.8. The molecule has 0 N–H and O–H groups in total. The fraction of sp³-hybridized carbons (Fsp3) is 0.211. The van der Waals surface area contributed by atoms with E-state index in [0.717, 1.165) is 22.6 Å². The highest BCUT2D eigenvalue weighted by Crippen LogP contribution is 2.32. The van der Waals surface area contributed by atoms with Crippen LogP contribution in [0.5, 0.6) is 11.5 Å². The number of nitrogens with zero attached hydrogens (tertiary/aromatic N) is 1. The van der Waals surface area contributed by atoms with Gasteiger partial charge >= 0.3 is 0 Å². The Morgan fingerprint density at radius 3 is 2.74 bits per heavy atom. The molecule has 118 valence electrons. The van der Waals surface area contributed by atoms with Crippen molar-refractivity contribution in [1.82, 2.24) is 4.90 Å². The zero-order valence-electron chi connectivity index (χ0n) is 13.1. The molecule has 0 bridgehead atoms. The summed E-state index contributed by atoms with van der Waals surface area (Å²) in [6.45, 7) is 4.69. The predicted molar refractivity (Wildman–Crippen MR) is 89.6 cm³/mol. The third-order valence-electron chi connectivity index (χ3n) is 3.89. The van der Waals surface area contributed by atoms with E-state index < -0.39 is 0 Å². The minimum atomic E-state index is -0.0485. The normalized spacial score (nSPS) is 14.0. The van der Waals surface area contributed by atoms with Crippen LogP contribution in [0.25, 0.3) is 11.1 Å². The summed E-state index contributed by atoms with van der Waals surface area (Å²) in [4.78, 5) is 13.2. The van der Waals surface area contributed by atoms with Crippen LogP contribution in [0.15, 0.2) is 61.2 Å². The second-order valence-corrected chi connectivity index (χ2v) is 5.42. The number of hydrogen-bond donors (Lipinski definition) is 0. The van der Waals surface area contributed by atoms with E-state index in [9.17, 15) is 4.79 Å². The van der Waals surface area contributed by atoms with Gasteiger partial charge in [-0.1, -0.05) is 36.9 Å². The van der Waals surface area contributed by atoms with Gasteiger partial charge in [-0.3, -0.25) is 4.79 Å². The van der Waals surface area contributed by atoms with Crippen LogP contribution in [0.1, 0.15) is 0 Å². The Bertz CT molecular complexity index is 720. The van der Waals surface area contributed by atoms with Gasteiger partial charge in [-0.2, -0.15) is 0 Å². The lowest BCUT2D eigenvalue weighted by Crippen LogP contribution is -2.55. The zero-order valence-corrected chi connectivity index (χ0v) is 13.1. The average molecular weight is 309 g/mol. The molecule has 0 saturated carbocycles. The van der Waals surface area contributed by atoms with Crippen LogP contribution in [0.2, 0.25) is 0 Å². The van der Waals surface area contributed by atoms with Gasteiger partial charge in [0.15, 0.2) is 0 Å². The standard InChI is InChI=1S/C19H19NO3/c1-3-19(21)20-12-16(13-20)23-15-8-6-7-14(11-15)17-9-4-5-10-18(17)22-2/h3-11,16H,1,12-13H2,2H3. The van der Waals surface area contributed by atoms with Crippen LogP contribution in [-0.2, 0) is 4.79 Å². The number of ether oxygens (including phenoxy) is 2. The van der Waals surface area contributed by atoms with E-state index in [2.05, 4.69) is 6.58 Å². The first-order valence-corrected chi connectivity index (χ1v) is 7.52. The van der Waals surface area contributed by atoms with E-state index in [-0.39, 0.29) is 12.0 Å². The van der Waals surface area contributed by atoms with Crippen molar-refractivity contribution >= 4 is 5.91 Å². The molecule has 0 radical (unpaired) electrons. The summed E-state index contributed by atoms with van der Waals surface area (Å²) < 4.78 is 11.4. The molecule has 1 saturated heterocycles. The molecule has 2 aromatic rings. The number of rotatable bonds is 5. The van der Waals surface area contributed by atoms with Crippen LogP contribution in [0.3, 0.4) is 0 Å². The zero-order chi connectivity index (χ0) is 16.2. The van der Waals surface area contributed by atoms with Crippen LogP contribution in [0, 0.1) is 0 Å². The van der Waals surface area contributed by atoms with Crippen LogP contribution in [-0.4, -0.2) is 37.1 Å². The van der Waals surface area contributed by atoms with Gasteiger partial charge < -0.3 is 14.4 Å². The number of likely N-dealkylation sites (tertiary alicyclic amines) is 1. The van der Waals surface area contributed by atoms with Gasteiger partial charge in [0.05, 0.1) is 20.2 Å². The summed E-state index contributed by atoms with van der Waals surface area (Å²) in [7, 11) is 1.67. The van der Waals surface area contributed by atoms with E-state index in [1.807, 2.05) is 48.5 Å². The average Bonchev–Trinajstić information content (AvgIpc) is 2.57. The summed E-state index contributed by atoms with van der Waals surface area (Å²) in [5.41, 5.74) is 2.07. The maximum absolute atomic E-state index is 11.4. The molecule has 2 aromatic carbocycles. The lowest BCUT2D eigenvalue weighted by molar-refractivity contribution is -0.134. The third-order valence-corrected chi connectivity index (χ3v) is 3.89. The van der Waals surface area contributed by atoms with Gasteiger partial charge in [0.25, 0.3) is 0 Å². The molecule has 0 unspecified atom stereocenters. The summed E-state index contributed by atoms with van der Waals surface area (Å²) in [6.07, 6.45) is 1.37. The molecular weight excluding hydrogens is 290 g/mol. The molecular formula is C19H19NO3. The SMILES string of the molecule is C=CC(=O)N1CC(Oc2cccc(-c3ccccc3OC)c2)C1. The molecule has 3 rings (SSSR count). The van der Waals surface area contributed by atoms with Crippen LogP contribution in [0.4, 0.5) is 0 Å². The highest BCUT2D eigenvalue weighted by atomic mass is 16.5. The number of amides is 1. The fourth-order valence-corrected chi connectivity index (χ4v) is 2.63. The topological polar surface area (TPSA) is 38.8 Å². The Morgan fingerprint density at radius 1 is 1.22 bits per heavy atom. The molecule has 0 spiro atoms. The maximum Gasteiger partial charge on any atom is 0.246 e. The van der Waals surface area contributed by atoms with Crippen molar-refractivity contribution in [2.45, 2.75) is 6.10 Å². The van der Waals surface area contributed by atoms with Gasteiger partial charge in [-0.25, -0.2) is 0 Å². The third kappa shape index (κ3) is 3.21. The van der Waals surface area contributed by atoms with Gasteiger partial charge in [0.2, 0.25) is 5.91 Å². The van der Waals surface area contributed by atoms with Crippen molar-refractivity contribution in [3.05, 3.63) is 61.2 Å². The minimum Gasteiger partial charge on any atom is -0.496 e. The highest BCUT2D eigenvalue weighted by molar-refractivity contribution is 5.87. The van der Waals surface area contributed by atoms with E-state index in [1.54, 1.807) is 12.0 Å². The van der Waals surface area contributed by atoms with Gasteiger partial charge in [-0.15, -0.1) is 0 Å². The van der Waals surface area contributed by atoms with Gasteiger partial charge in [0.1, 0.15) is 17.6 Å². The van der Waals surface area contributed by atoms with Crippen molar-refractivity contribution in [3.8, 4) is 22.6 Å². The Morgan fingerprint density at radius 2 is 2.00 bits per heavy atom. The molecule has 4 nitrogen and oxygen atoms in total. The number of carbonyl (C=O) groups is 1. The molecule has 23 heavy (non-hydrogen) atoms. The van der Waals surface area contributed by atoms with Crippen LogP contribution >= 0.6 is 0 Å². The van der Waals surface area contributed by atoms with E-state index in [4.69, 9.17) is 9.47 Å². The monoisotopic (exact) mass is 309 g/mol. The molecule has 1 heterocycles. The quantitative estimate of drug-likeness (QED) is 0.797. The van der Waals surface area contributed by atoms with Gasteiger partial charge in [0, 0.05) is 5.56 Å².